The van der Waals surface area contributed by atoms with E-state index in [1.54, 1.807) is 0 Å². The van der Waals surface area contributed by atoms with E-state index in [2.05, 4.69) is 55.1 Å². The van der Waals surface area contributed by atoms with Crippen LogP contribution in [0.2, 0.25) is 5.02 Å². The normalized spacial score (nSPS) is 11.1. The minimum Gasteiger partial charge on any atom is -0.250 e. The molecule has 6 rings (SSSR count). The minimum absolute atomic E-state index is 0.442. The van der Waals surface area contributed by atoms with Crippen molar-refractivity contribution in [3.8, 4) is 45.3 Å². The third kappa shape index (κ3) is 4.46. The van der Waals surface area contributed by atoms with Crippen LogP contribution in [0.5, 0.6) is 0 Å². The highest BCUT2D eigenvalue weighted by molar-refractivity contribution is 9.10. The number of imidazole rings is 1. The Labute approximate surface area is 232 Å². The van der Waals surface area contributed by atoms with E-state index in [1.165, 1.54) is 0 Å². The molecule has 0 saturated carbocycles. The Morgan fingerprint density at radius 1 is 0.649 bits per heavy atom. The summed E-state index contributed by atoms with van der Waals surface area (Å²) in [5.74, 6) is 1.38. The second-order valence-electron chi connectivity index (χ2n) is 8.35. The van der Waals surface area contributed by atoms with Gasteiger partial charge in [-0.2, -0.15) is 9.77 Å². The fraction of sp³-hybridized carbons (Fsp3) is 0. The predicted molar refractivity (Wildman–Crippen MR) is 155 cm³/mol. The van der Waals surface area contributed by atoms with Crippen LogP contribution in [0.15, 0.2) is 114 Å². The van der Waals surface area contributed by atoms with Gasteiger partial charge in [0.1, 0.15) is 0 Å². The molecule has 8 heteroatoms. The van der Waals surface area contributed by atoms with Crippen LogP contribution < -0.4 is 0 Å². The first-order valence-electron chi connectivity index (χ1n) is 11.5. The Kier molecular flexibility index (Phi) is 6.34. The molecule has 1 N–H and O–H groups in total. The van der Waals surface area contributed by atoms with Crippen molar-refractivity contribution in [1.82, 2.24) is 24.5 Å². The molecule has 5 nitrogen and oxygen atoms in total. The average Bonchev–Trinajstić information content (AvgIpc) is 3.51. The number of nitrogens with one attached hydrogen (secondary N) is 1. The lowest BCUT2D eigenvalue weighted by molar-refractivity contribution is 0.668. The Bertz CT molecular complexity index is 1740. The van der Waals surface area contributed by atoms with E-state index in [0.29, 0.717) is 15.6 Å². The predicted octanol–water partition coefficient (Wildman–Crippen LogP) is 8.53. The maximum absolute atomic E-state index is 6.18. The maximum atomic E-state index is 6.18. The highest BCUT2D eigenvalue weighted by Crippen LogP contribution is 2.37. The zero-order valence-corrected chi connectivity index (χ0v) is 22.5. The fourth-order valence-electron chi connectivity index (χ4n) is 4.31. The number of nitrogens with zero attached hydrogens (tertiary/aromatic N) is 4. The highest BCUT2D eigenvalue weighted by Gasteiger charge is 2.25. The Morgan fingerprint density at radius 3 is 1.86 bits per heavy atom. The van der Waals surface area contributed by atoms with Crippen molar-refractivity contribution in [1.29, 1.82) is 0 Å². The van der Waals surface area contributed by atoms with Crippen molar-refractivity contribution in [2.75, 3.05) is 0 Å². The van der Waals surface area contributed by atoms with E-state index in [0.717, 1.165) is 43.9 Å². The molecule has 0 spiro atoms. The smallest absolute Gasteiger partial charge is 0.215 e. The van der Waals surface area contributed by atoms with Gasteiger partial charge < -0.3 is 0 Å². The van der Waals surface area contributed by atoms with Gasteiger partial charge in [0.2, 0.25) is 4.77 Å². The molecule has 0 atom stereocenters. The van der Waals surface area contributed by atoms with Crippen LogP contribution in [0.25, 0.3) is 45.3 Å². The van der Waals surface area contributed by atoms with Gasteiger partial charge in [0, 0.05) is 31.7 Å². The summed E-state index contributed by atoms with van der Waals surface area (Å²) >= 11 is 15.5. The second-order valence-corrected chi connectivity index (χ2v) is 10.1. The fourth-order valence-corrected chi connectivity index (χ4v) is 4.91. The van der Waals surface area contributed by atoms with Gasteiger partial charge in [-0.15, -0.1) is 0 Å². The van der Waals surface area contributed by atoms with Gasteiger partial charge in [0.05, 0.1) is 11.4 Å². The van der Waals surface area contributed by atoms with Crippen molar-refractivity contribution in [2.24, 2.45) is 0 Å². The molecule has 2 aromatic heterocycles. The summed E-state index contributed by atoms with van der Waals surface area (Å²) in [7, 11) is 0. The standard InChI is InChI=1S/C29H19BrClN5S/c30-23-15-11-21(12-16-23)27-32-25(19-7-3-1-4-8-19)26(20-9-5-2-6-10-20)35(27)36-28(33-34-29(36)37)22-13-17-24(31)18-14-22/h1-18H,(H,34,37). The number of benzene rings is 4. The van der Waals surface area contributed by atoms with E-state index in [-0.39, 0.29) is 0 Å². The lowest BCUT2D eigenvalue weighted by atomic mass is 10.1. The third-order valence-corrected chi connectivity index (χ3v) is 7.05. The number of halogens is 2. The van der Waals surface area contributed by atoms with Crippen molar-refractivity contribution in [2.45, 2.75) is 0 Å². The lowest BCUT2D eigenvalue weighted by Gasteiger charge is -2.16. The molecule has 6 aromatic rings. The molecule has 0 fully saturated rings. The van der Waals surface area contributed by atoms with Crippen molar-refractivity contribution < 1.29 is 0 Å². The first kappa shape index (κ1) is 23.6. The SMILES string of the molecule is S=c1[nH]nc(-c2ccc(Cl)cc2)n1-n1c(-c2ccc(Br)cc2)nc(-c2ccccc2)c1-c1ccccc1. The van der Waals surface area contributed by atoms with Crippen LogP contribution >= 0.6 is 39.7 Å². The minimum atomic E-state index is 0.442. The third-order valence-electron chi connectivity index (χ3n) is 6.00. The van der Waals surface area contributed by atoms with E-state index in [1.807, 2.05) is 89.6 Å². The second kappa shape index (κ2) is 9.94. The summed E-state index contributed by atoms with van der Waals surface area (Å²) in [5.41, 5.74) is 5.55. The van der Waals surface area contributed by atoms with E-state index >= 15 is 0 Å². The van der Waals surface area contributed by atoms with Gasteiger partial charge in [0.15, 0.2) is 11.6 Å². The van der Waals surface area contributed by atoms with Crippen molar-refractivity contribution >= 4 is 39.7 Å². The molecule has 180 valence electrons. The van der Waals surface area contributed by atoms with Gasteiger partial charge >= 0.3 is 0 Å². The molecule has 37 heavy (non-hydrogen) atoms. The van der Waals surface area contributed by atoms with Gasteiger partial charge in [-0.25, -0.2) is 14.8 Å². The number of hydrogen-bond donors (Lipinski definition) is 1. The van der Waals surface area contributed by atoms with Crippen LogP contribution in [0.3, 0.4) is 0 Å². The summed E-state index contributed by atoms with van der Waals surface area (Å²) in [5, 5.41) is 8.25. The average molecular weight is 585 g/mol. The quantitative estimate of drug-likeness (QED) is 0.207. The van der Waals surface area contributed by atoms with Gasteiger partial charge in [-0.1, -0.05) is 100 Å². The van der Waals surface area contributed by atoms with Crippen molar-refractivity contribution in [3.63, 3.8) is 0 Å². The first-order chi connectivity index (χ1) is 18.1. The summed E-state index contributed by atoms with van der Waals surface area (Å²) in [6, 6.07) is 36.0. The maximum Gasteiger partial charge on any atom is 0.215 e. The molecule has 0 aliphatic rings. The van der Waals surface area contributed by atoms with Crippen molar-refractivity contribution in [3.05, 3.63) is 123 Å². The molecule has 2 heterocycles. The summed E-state index contributed by atoms with van der Waals surface area (Å²) < 4.78 is 5.38. The monoisotopic (exact) mass is 583 g/mol. The van der Waals surface area contributed by atoms with E-state index < -0.39 is 0 Å². The number of rotatable bonds is 5. The summed E-state index contributed by atoms with van der Waals surface area (Å²) in [6.45, 7) is 0. The topological polar surface area (TPSA) is 51.4 Å². The number of aromatic nitrogens is 5. The largest absolute Gasteiger partial charge is 0.250 e. The molecule has 0 amide bonds. The molecule has 4 aromatic carbocycles. The van der Waals surface area contributed by atoms with Gasteiger partial charge in [0.25, 0.3) is 0 Å². The molecule has 0 unspecified atom stereocenters. The van der Waals surface area contributed by atoms with Gasteiger partial charge in [-0.3, -0.25) is 0 Å². The molecule has 0 radical (unpaired) electrons. The zero-order chi connectivity index (χ0) is 25.4. The molecule has 0 saturated heterocycles. The summed E-state index contributed by atoms with van der Waals surface area (Å²) in [6.07, 6.45) is 0. The Morgan fingerprint density at radius 2 is 1.22 bits per heavy atom. The highest BCUT2D eigenvalue weighted by atomic mass is 79.9. The molecular weight excluding hydrogens is 566 g/mol. The number of aromatic amines is 1. The van der Waals surface area contributed by atoms with Crippen LogP contribution in [-0.4, -0.2) is 24.5 Å². The van der Waals surface area contributed by atoms with Crippen LogP contribution in [-0.2, 0) is 0 Å². The summed E-state index contributed by atoms with van der Waals surface area (Å²) in [4.78, 5) is 5.22. The van der Waals surface area contributed by atoms with Crippen LogP contribution in [0.1, 0.15) is 0 Å². The zero-order valence-electron chi connectivity index (χ0n) is 19.3. The van der Waals surface area contributed by atoms with Crippen LogP contribution in [0, 0.1) is 4.77 Å². The number of H-pyrrole nitrogens is 1. The van der Waals surface area contributed by atoms with E-state index in [4.69, 9.17) is 28.8 Å². The molecule has 0 bridgehead atoms. The van der Waals surface area contributed by atoms with E-state index in [9.17, 15) is 0 Å². The first-order valence-corrected chi connectivity index (χ1v) is 13.1. The Balaban J connectivity index is 1.74. The molecule has 0 aliphatic heterocycles. The van der Waals surface area contributed by atoms with Gasteiger partial charge in [-0.05, 0) is 48.6 Å². The Hall–Kier alpha value is -3.78. The number of hydrogen-bond acceptors (Lipinski definition) is 3. The molecular formula is C29H19BrClN5S. The molecule has 0 aliphatic carbocycles. The van der Waals surface area contributed by atoms with Crippen LogP contribution in [0.4, 0.5) is 0 Å². The lowest BCUT2D eigenvalue weighted by Crippen LogP contribution is -2.14.